The highest BCUT2D eigenvalue weighted by Crippen LogP contribution is 2.09. The molecule has 0 saturated carbocycles. The van der Waals surface area contributed by atoms with E-state index < -0.39 is 0 Å². The lowest BCUT2D eigenvalue weighted by molar-refractivity contribution is -0.0104. The zero-order valence-corrected chi connectivity index (χ0v) is 11.5. The number of nitrogens with one attached hydrogen (secondary N) is 1. The second-order valence-electron chi connectivity index (χ2n) is 5.09. The van der Waals surface area contributed by atoms with Gasteiger partial charge in [-0.2, -0.15) is 0 Å². The maximum atomic E-state index is 5.65. The maximum absolute atomic E-state index is 5.65. The van der Waals surface area contributed by atoms with Gasteiger partial charge in [-0.05, 0) is 46.2 Å². The summed E-state index contributed by atoms with van der Waals surface area (Å²) in [6.45, 7) is 10.1. The van der Waals surface area contributed by atoms with Gasteiger partial charge in [0.1, 0.15) is 5.76 Å². The summed E-state index contributed by atoms with van der Waals surface area (Å²) in [6, 6.07) is 4.43. The summed E-state index contributed by atoms with van der Waals surface area (Å²) in [5, 5.41) is 3.50. The molecule has 17 heavy (non-hydrogen) atoms. The third-order valence-electron chi connectivity index (χ3n) is 2.82. The van der Waals surface area contributed by atoms with Gasteiger partial charge in [-0.1, -0.05) is 0 Å². The van der Waals surface area contributed by atoms with Gasteiger partial charge in [0.15, 0.2) is 0 Å². The zero-order valence-electron chi connectivity index (χ0n) is 11.5. The highest BCUT2D eigenvalue weighted by molar-refractivity contribution is 4.98. The van der Waals surface area contributed by atoms with E-state index >= 15 is 0 Å². The first kappa shape index (κ1) is 14.3. The number of rotatable bonds is 8. The van der Waals surface area contributed by atoms with Crippen molar-refractivity contribution in [2.75, 3.05) is 13.2 Å². The molecule has 0 radical (unpaired) electrons. The van der Waals surface area contributed by atoms with Crippen LogP contribution in [-0.4, -0.2) is 24.8 Å². The predicted octanol–water partition coefficient (Wildman–Crippen LogP) is 3.01. The largest absolute Gasteiger partial charge is 0.469 e. The van der Waals surface area contributed by atoms with Crippen molar-refractivity contribution in [2.45, 2.75) is 52.2 Å². The molecule has 1 aromatic rings. The number of hydrogen-bond acceptors (Lipinski definition) is 3. The molecule has 0 aliphatic carbocycles. The summed E-state index contributed by atoms with van der Waals surface area (Å²) in [7, 11) is 0. The van der Waals surface area contributed by atoms with E-state index in [1.807, 2.05) is 19.1 Å². The molecule has 0 bridgehead atoms. The summed E-state index contributed by atoms with van der Waals surface area (Å²) < 4.78 is 11.0. The lowest BCUT2D eigenvalue weighted by Gasteiger charge is -2.27. The molecule has 0 saturated heterocycles. The first-order valence-corrected chi connectivity index (χ1v) is 6.43. The van der Waals surface area contributed by atoms with E-state index in [-0.39, 0.29) is 5.60 Å². The Labute approximate surface area is 105 Å². The summed E-state index contributed by atoms with van der Waals surface area (Å²) in [6.07, 6.45) is 3.79. The van der Waals surface area contributed by atoms with E-state index in [0.29, 0.717) is 6.04 Å². The van der Waals surface area contributed by atoms with Crippen LogP contribution in [-0.2, 0) is 11.2 Å². The van der Waals surface area contributed by atoms with Gasteiger partial charge in [0.05, 0.1) is 11.9 Å². The first-order chi connectivity index (χ1) is 8.03. The molecular formula is C14H25NO2. The van der Waals surface area contributed by atoms with Gasteiger partial charge in [0, 0.05) is 25.6 Å². The van der Waals surface area contributed by atoms with Crippen molar-refractivity contribution in [3.05, 3.63) is 24.2 Å². The van der Waals surface area contributed by atoms with Crippen molar-refractivity contribution in [3.8, 4) is 0 Å². The normalized spacial score (nSPS) is 13.9. The minimum Gasteiger partial charge on any atom is -0.469 e. The maximum Gasteiger partial charge on any atom is 0.103 e. The molecule has 0 aliphatic rings. The van der Waals surface area contributed by atoms with Crippen LogP contribution in [0.2, 0.25) is 0 Å². The van der Waals surface area contributed by atoms with E-state index in [1.165, 1.54) is 0 Å². The fraction of sp³-hybridized carbons (Fsp3) is 0.714. The number of aryl methyl sites for hydroxylation is 1. The summed E-state index contributed by atoms with van der Waals surface area (Å²) >= 11 is 0. The van der Waals surface area contributed by atoms with Crippen LogP contribution in [0.15, 0.2) is 22.8 Å². The van der Waals surface area contributed by atoms with Crippen molar-refractivity contribution in [2.24, 2.45) is 0 Å². The van der Waals surface area contributed by atoms with Crippen LogP contribution in [0.25, 0.3) is 0 Å². The highest BCUT2D eigenvalue weighted by Gasteiger charge is 2.18. The van der Waals surface area contributed by atoms with Gasteiger partial charge < -0.3 is 14.5 Å². The predicted molar refractivity (Wildman–Crippen MR) is 70.2 cm³/mol. The van der Waals surface area contributed by atoms with Gasteiger partial charge in [-0.25, -0.2) is 0 Å². The second kappa shape index (κ2) is 6.82. The lowest BCUT2D eigenvalue weighted by Crippen LogP contribution is -2.41. The molecule has 98 valence electrons. The molecule has 0 amide bonds. The van der Waals surface area contributed by atoms with Gasteiger partial charge in [0.2, 0.25) is 0 Å². The van der Waals surface area contributed by atoms with Gasteiger partial charge in [0.25, 0.3) is 0 Å². The zero-order chi connectivity index (χ0) is 12.7. The molecule has 1 rings (SSSR count). The average molecular weight is 239 g/mol. The van der Waals surface area contributed by atoms with Gasteiger partial charge in [-0.15, -0.1) is 0 Å². The number of hydrogen-bond donors (Lipinski definition) is 1. The van der Waals surface area contributed by atoms with Crippen LogP contribution >= 0.6 is 0 Å². The van der Waals surface area contributed by atoms with Crippen LogP contribution in [0.1, 0.15) is 39.9 Å². The van der Waals surface area contributed by atoms with Crippen molar-refractivity contribution in [1.29, 1.82) is 0 Å². The van der Waals surface area contributed by atoms with Gasteiger partial charge in [-0.3, -0.25) is 0 Å². The smallest absolute Gasteiger partial charge is 0.103 e. The molecule has 1 unspecified atom stereocenters. The Morgan fingerprint density at radius 2 is 2.24 bits per heavy atom. The molecule has 0 aromatic carbocycles. The lowest BCUT2D eigenvalue weighted by atomic mass is 10.1. The van der Waals surface area contributed by atoms with Crippen molar-refractivity contribution >= 4 is 0 Å². The quantitative estimate of drug-likeness (QED) is 0.757. The molecule has 1 N–H and O–H groups in total. The minimum atomic E-state index is -0.0896. The van der Waals surface area contributed by atoms with E-state index in [1.54, 1.807) is 6.26 Å². The van der Waals surface area contributed by atoms with Crippen molar-refractivity contribution in [3.63, 3.8) is 0 Å². The summed E-state index contributed by atoms with van der Waals surface area (Å²) in [4.78, 5) is 0. The standard InChI is InChI=1S/C14H25NO2/c1-5-17-14(3,4)11-15-12(2)8-9-13-7-6-10-16-13/h6-7,10,12,15H,5,8-9,11H2,1-4H3. The SMILES string of the molecule is CCOC(C)(C)CNC(C)CCc1ccco1. The van der Waals surface area contributed by atoms with E-state index in [0.717, 1.165) is 31.8 Å². The fourth-order valence-corrected chi connectivity index (χ4v) is 1.78. The molecule has 1 heterocycles. The Morgan fingerprint density at radius 3 is 2.82 bits per heavy atom. The number of ether oxygens (including phenoxy) is 1. The molecule has 1 aromatic heterocycles. The van der Waals surface area contributed by atoms with Crippen LogP contribution in [0.3, 0.4) is 0 Å². The molecule has 0 fully saturated rings. The Kier molecular flexibility index (Phi) is 5.72. The van der Waals surface area contributed by atoms with Crippen molar-refractivity contribution < 1.29 is 9.15 Å². The topological polar surface area (TPSA) is 34.4 Å². The monoisotopic (exact) mass is 239 g/mol. The fourth-order valence-electron chi connectivity index (χ4n) is 1.78. The molecular weight excluding hydrogens is 214 g/mol. The van der Waals surface area contributed by atoms with E-state index in [4.69, 9.17) is 9.15 Å². The minimum absolute atomic E-state index is 0.0896. The highest BCUT2D eigenvalue weighted by atomic mass is 16.5. The Hall–Kier alpha value is -0.800. The molecule has 3 heteroatoms. The second-order valence-corrected chi connectivity index (χ2v) is 5.09. The van der Waals surface area contributed by atoms with Crippen LogP contribution in [0, 0.1) is 0 Å². The summed E-state index contributed by atoms with van der Waals surface area (Å²) in [5.41, 5.74) is -0.0896. The molecule has 0 spiro atoms. The van der Waals surface area contributed by atoms with Crippen LogP contribution in [0.5, 0.6) is 0 Å². The van der Waals surface area contributed by atoms with Crippen LogP contribution < -0.4 is 5.32 Å². The number of furan rings is 1. The van der Waals surface area contributed by atoms with E-state index in [2.05, 4.69) is 26.1 Å². The first-order valence-electron chi connectivity index (χ1n) is 6.43. The summed E-state index contributed by atoms with van der Waals surface area (Å²) in [5.74, 6) is 1.06. The Bertz CT molecular complexity index is 293. The molecule has 1 atom stereocenters. The molecule has 0 aliphatic heterocycles. The third-order valence-corrected chi connectivity index (χ3v) is 2.82. The average Bonchev–Trinajstić information content (AvgIpc) is 2.76. The van der Waals surface area contributed by atoms with Crippen molar-refractivity contribution in [1.82, 2.24) is 5.32 Å². The van der Waals surface area contributed by atoms with E-state index in [9.17, 15) is 0 Å². The Balaban J connectivity index is 2.18. The Morgan fingerprint density at radius 1 is 1.47 bits per heavy atom. The molecule has 3 nitrogen and oxygen atoms in total. The third kappa shape index (κ3) is 5.89. The van der Waals surface area contributed by atoms with Crippen LogP contribution in [0.4, 0.5) is 0 Å². The van der Waals surface area contributed by atoms with Gasteiger partial charge >= 0.3 is 0 Å².